The Morgan fingerprint density at radius 2 is 2.25 bits per heavy atom. The van der Waals surface area contributed by atoms with Crippen molar-refractivity contribution in [1.82, 2.24) is 20.3 Å². The van der Waals surface area contributed by atoms with Crippen molar-refractivity contribution >= 4 is 5.91 Å². The lowest BCUT2D eigenvalue weighted by atomic mass is 9.90. The van der Waals surface area contributed by atoms with Gasteiger partial charge in [-0.1, -0.05) is 6.07 Å². The lowest BCUT2D eigenvalue weighted by Gasteiger charge is -2.38. The number of hydrogen-bond donors (Lipinski definition) is 2. The van der Waals surface area contributed by atoms with Gasteiger partial charge in [0.15, 0.2) is 0 Å². The molecule has 24 heavy (non-hydrogen) atoms. The van der Waals surface area contributed by atoms with Crippen molar-refractivity contribution < 1.29 is 18.7 Å². The van der Waals surface area contributed by atoms with Crippen LogP contribution >= 0.6 is 0 Å². The van der Waals surface area contributed by atoms with Gasteiger partial charge in [0.2, 0.25) is 5.91 Å². The first-order chi connectivity index (χ1) is 11.5. The van der Waals surface area contributed by atoms with Crippen LogP contribution in [-0.2, 0) is 16.8 Å². The number of benzene rings is 1. The van der Waals surface area contributed by atoms with E-state index in [0.717, 1.165) is 6.07 Å². The number of nitrogens with one attached hydrogen (secondary N) is 1. The Morgan fingerprint density at radius 3 is 2.96 bits per heavy atom. The molecule has 0 radical (unpaired) electrons. The summed E-state index contributed by atoms with van der Waals surface area (Å²) in [5, 5.41) is 20.8. The van der Waals surface area contributed by atoms with E-state index in [-0.39, 0.29) is 25.3 Å². The first-order valence-electron chi connectivity index (χ1n) is 7.78. The standard InChI is InChI=1S/C16H18F2N4O2/c17-12-4-2-11(13(18)8-12)3-5-15(23)22-7-1-6-16(24,10-22)14-9-19-21-20-14/h2,4,8-9,24H,1,3,5-7,10H2,(H,19,20,21). The van der Waals surface area contributed by atoms with Gasteiger partial charge >= 0.3 is 0 Å². The second-order valence-electron chi connectivity index (χ2n) is 6.04. The number of amides is 1. The second-order valence-corrected chi connectivity index (χ2v) is 6.04. The number of hydrogen-bond acceptors (Lipinski definition) is 4. The summed E-state index contributed by atoms with van der Waals surface area (Å²) in [6, 6.07) is 3.33. The molecular weight excluding hydrogens is 318 g/mol. The molecule has 1 aromatic carbocycles. The first kappa shape index (κ1) is 16.5. The third kappa shape index (κ3) is 3.43. The fraction of sp³-hybridized carbons (Fsp3) is 0.438. The Labute approximate surface area is 137 Å². The Balaban J connectivity index is 1.62. The van der Waals surface area contributed by atoms with E-state index in [9.17, 15) is 18.7 Å². The van der Waals surface area contributed by atoms with E-state index in [1.807, 2.05) is 0 Å². The number of nitrogens with zero attached hydrogens (tertiary/aromatic N) is 3. The van der Waals surface area contributed by atoms with Crippen molar-refractivity contribution in [1.29, 1.82) is 0 Å². The Hall–Kier alpha value is -2.35. The van der Waals surface area contributed by atoms with Crippen LogP contribution < -0.4 is 0 Å². The van der Waals surface area contributed by atoms with Crippen molar-refractivity contribution in [2.24, 2.45) is 0 Å². The molecule has 3 rings (SSSR count). The zero-order chi connectivity index (χ0) is 17.2. The fourth-order valence-electron chi connectivity index (χ4n) is 3.01. The topological polar surface area (TPSA) is 82.1 Å². The number of piperidine rings is 1. The molecule has 1 aromatic heterocycles. The lowest BCUT2D eigenvalue weighted by Crippen LogP contribution is -2.48. The summed E-state index contributed by atoms with van der Waals surface area (Å²) in [5.74, 6) is -1.47. The van der Waals surface area contributed by atoms with Gasteiger partial charge in [0.25, 0.3) is 0 Å². The van der Waals surface area contributed by atoms with Crippen molar-refractivity contribution in [3.8, 4) is 0 Å². The maximum atomic E-state index is 13.6. The number of aromatic amines is 1. The van der Waals surface area contributed by atoms with E-state index in [2.05, 4.69) is 15.4 Å². The van der Waals surface area contributed by atoms with Gasteiger partial charge in [-0.2, -0.15) is 15.4 Å². The number of halogens is 2. The molecular formula is C16H18F2N4O2. The van der Waals surface area contributed by atoms with Gasteiger partial charge in [-0.15, -0.1) is 0 Å². The smallest absolute Gasteiger partial charge is 0.223 e. The molecule has 2 aromatic rings. The molecule has 1 aliphatic rings. The Bertz CT molecular complexity index is 723. The van der Waals surface area contributed by atoms with Crippen LogP contribution in [0.2, 0.25) is 0 Å². The number of rotatable bonds is 4. The molecule has 1 unspecified atom stereocenters. The van der Waals surface area contributed by atoms with Gasteiger partial charge in [0.1, 0.15) is 22.9 Å². The molecule has 1 amide bonds. The molecule has 1 atom stereocenters. The third-order valence-electron chi connectivity index (χ3n) is 4.34. The fourth-order valence-corrected chi connectivity index (χ4v) is 3.01. The molecule has 2 N–H and O–H groups in total. The van der Waals surface area contributed by atoms with Crippen LogP contribution in [0, 0.1) is 11.6 Å². The Kier molecular flexibility index (Phi) is 4.57. The van der Waals surface area contributed by atoms with E-state index >= 15 is 0 Å². The van der Waals surface area contributed by atoms with Gasteiger partial charge in [0.05, 0.1) is 12.7 Å². The second kappa shape index (κ2) is 6.64. The van der Waals surface area contributed by atoms with Crippen LogP contribution in [0.5, 0.6) is 0 Å². The van der Waals surface area contributed by atoms with E-state index in [1.165, 1.54) is 18.3 Å². The largest absolute Gasteiger partial charge is 0.382 e. The predicted molar refractivity (Wildman–Crippen MR) is 80.8 cm³/mol. The highest BCUT2D eigenvalue weighted by Gasteiger charge is 2.38. The summed E-state index contributed by atoms with van der Waals surface area (Å²) in [5.41, 5.74) is -0.514. The van der Waals surface area contributed by atoms with E-state index < -0.39 is 17.2 Å². The predicted octanol–water partition coefficient (Wildman–Crippen LogP) is 1.53. The average Bonchev–Trinajstić information content (AvgIpc) is 3.09. The van der Waals surface area contributed by atoms with Gasteiger partial charge in [-0.05, 0) is 30.9 Å². The minimum absolute atomic E-state index is 0.0947. The summed E-state index contributed by atoms with van der Waals surface area (Å²) in [6.07, 6.45) is 2.86. The van der Waals surface area contributed by atoms with Gasteiger partial charge < -0.3 is 10.0 Å². The molecule has 1 saturated heterocycles. The first-order valence-corrected chi connectivity index (χ1v) is 7.78. The monoisotopic (exact) mass is 336 g/mol. The number of aryl methyl sites for hydroxylation is 1. The maximum Gasteiger partial charge on any atom is 0.223 e. The minimum Gasteiger partial charge on any atom is -0.382 e. The van der Waals surface area contributed by atoms with Crippen molar-refractivity contribution in [2.45, 2.75) is 31.3 Å². The van der Waals surface area contributed by atoms with Crippen LogP contribution in [0.15, 0.2) is 24.4 Å². The van der Waals surface area contributed by atoms with Crippen molar-refractivity contribution in [3.05, 3.63) is 47.3 Å². The zero-order valence-corrected chi connectivity index (χ0v) is 13.0. The summed E-state index contributed by atoms with van der Waals surface area (Å²) in [4.78, 5) is 13.9. The van der Waals surface area contributed by atoms with E-state index in [4.69, 9.17) is 0 Å². The summed E-state index contributed by atoms with van der Waals surface area (Å²) in [7, 11) is 0. The van der Waals surface area contributed by atoms with E-state index in [1.54, 1.807) is 4.90 Å². The van der Waals surface area contributed by atoms with Crippen molar-refractivity contribution in [2.75, 3.05) is 13.1 Å². The number of likely N-dealkylation sites (tertiary alicyclic amines) is 1. The number of aliphatic hydroxyl groups is 1. The van der Waals surface area contributed by atoms with Crippen LogP contribution in [-0.4, -0.2) is 44.4 Å². The molecule has 0 bridgehead atoms. The highest BCUT2D eigenvalue weighted by Crippen LogP contribution is 2.30. The van der Waals surface area contributed by atoms with Gasteiger partial charge in [-0.3, -0.25) is 4.79 Å². The molecule has 0 aliphatic carbocycles. The van der Waals surface area contributed by atoms with Crippen LogP contribution in [0.1, 0.15) is 30.5 Å². The lowest BCUT2D eigenvalue weighted by molar-refractivity contribution is -0.139. The molecule has 1 fully saturated rings. The molecule has 1 aliphatic heterocycles. The number of H-pyrrole nitrogens is 1. The zero-order valence-electron chi connectivity index (χ0n) is 13.0. The maximum absolute atomic E-state index is 13.6. The quantitative estimate of drug-likeness (QED) is 0.887. The average molecular weight is 336 g/mol. The molecule has 8 heteroatoms. The van der Waals surface area contributed by atoms with Crippen LogP contribution in [0.25, 0.3) is 0 Å². The number of carbonyl (C=O) groups excluding carboxylic acids is 1. The molecule has 0 spiro atoms. The molecule has 2 heterocycles. The number of aromatic nitrogens is 3. The minimum atomic E-state index is -1.22. The Morgan fingerprint density at radius 1 is 1.42 bits per heavy atom. The van der Waals surface area contributed by atoms with Gasteiger partial charge in [-0.25, -0.2) is 8.78 Å². The molecule has 0 saturated carbocycles. The normalized spacial score (nSPS) is 21.0. The SMILES string of the molecule is O=C(CCc1ccc(F)cc1F)N1CCCC(O)(c2cn[nH]n2)C1. The number of β-amino-alcohol motifs (C(OH)–C–C–N with tert-alkyl or cyclic N) is 1. The molecule has 128 valence electrons. The third-order valence-corrected chi connectivity index (χ3v) is 4.34. The summed E-state index contributed by atoms with van der Waals surface area (Å²) < 4.78 is 26.5. The van der Waals surface area contributed by atoms with Gasteiger partial charge in [0, 0.05) is 19.0 Å². The van der Waals surface area contributed by atoms with Crippen LogP contribution in [0.3, 0.4) is 0 Å². The summed E-state index contributed by atoms with van der Waals surface area (Å²) >= 11 is 0. The van der Waals surface area contributed by atoms with Crippen molar-refractivity contribution in [3.63, 3.8) is 0 Å². The highest BCUT2D eigenvalue weighted by atomic mass is 19.1. The summed E-state index contributed by atoms with van der Waals surface area (Å²) in [6.45, 7) is 0.662. The van der Waals surface area contributed by atoms with E-state index in [0.29, 0.717) is 30.6 Å². The molecule has 6 nitrogen and oxygen atoms in total. The van der Waals surface area contributed by atoms with Crippen LogP contribution in [0.4, 0.5) is 8.78 Å². The highest BCUT2D eigenvalue weighted by molar-refractivity contribution is 5.76. The number of carbonyl (C=O) groups is 1.